The summed E-state index contributed by atoms with van der Waals surface area (Å²) in [5.74, 6) is 2.39. The van der Waals surface area contributed by atoms with Crippen molar-refractivity contribution in [3.63, 3.8) is 0 Å². The van der Waals surface area contributed by atoms with E-state index in [1.54, 1.807) is 11.3 Å². The van der Waals surface area contributed by atoms with Crippen LogP contribution in [-0.2, 0) is 10.0 Å². The maximum Gasteiger partial charge on any atom is 0.224 e. The summed E-state index contributed by atoms with van der Waals surface area (Å²) in [5.41, 5.74) is 3.58. The molecular formula is C23H31N7O2S2. The topological polar surface area (TPSA) is 122 Å². The van der Waals surface area contributed by atoms with Gasteiger partial charge in [0.25, 0.3) is 0 Å². The second-order valence-corrected chi connectivity index (χ2v) is 12.5. The zero-order valence-electron chi connectivity index (χ0n) is 19.8. The van der Waals surface area contributed by atoms with E-state index in [9.17, 15) is 8.42 Å². The Labute approximate surface area is 204 Å². The van der Waals surface area contributed by atoms with Crippen molar-refractivity contribution in [3.05, 3.63) is 23.7 Å². The molecule has 3 N–H and O–H groups in total. The quantitative estimate of drug-likeness (QED) is 0.406. The Hall–Kier alpha value is -2.37. The zero-order valence-corrected chi connectivity index (χ0v) is 21.4. The third kappa shape index (κ3) is 5.16. The fourth-order valence-electron chi connectivity index (χ4n) is 4.60. The lowest BCUT2D eigenvalue weighted by molar-refractivity contribution is 0.550. The van der Waals surface area contributed by atoms with Crippen molar-refractivity contribution >= 4 is 43.3 Å². The Morgan fingerprint density at radius 1 is 1.06 bits per heavy atom. The highest BCUT2D eigenvalue weighted by Gasteiger charge is 2.30. The van der Waals surface area contributed by atoms with Crippen LogP contribution in [0.15, 0.2) is 12.3 Å². The van der Waals surface area contributed by atoms with E-state index in [-0.39, 0.29) is 17.7 Å². The van der Waals surface area contributed by atoms with Gasteiger partial charge >= 0.3 is 0 Å². The second kappa shape index (κ2) is 9.35. The molecule has 3 heterocycles. The largest absolute Gasteiger partial charge is 0.367 e. The Balaban J connectivity index is 1.45. The number of hydrogen-bond donors (Lipinski definition) is 3. The first kappa shape index (κ1) is 23.4. The predicted octanol–water partition coefficient (Wildman–Crippen LogP) is 3.72. The number of pyridine rings is 1. The molecule has 11 heteroatoms. The van der Waals surface area contributed by atoms with Crippen molar-refractivity contribution in [1.29, 1.82) is 0 Å². The van der Waals surface area contributed by atoms with E-state index in [1.807, 2.05) is 26.1 Å². The van der Waals surface area contributed by atoms with Gasteiger partial charge in [-0.3, -0.25) is 4.98 Å². The normalized spacial score (nSPS) is 20.7. The first-order valence-corrected chi connectivity index (χ1v) is 14.3. The highest BCUT2D eigenvalue weighted by molar-refractivity contribution is 7.89. The summed E-state index contributed by atoms with van der Waals surface area (Å²) in [4.78, 5) is 18.9. The minimum atomic E-state index is -3.22. The highest BCUT2D eigenvalue weighted by atomic mass is 32.2. The number of rotatable bonds is 9. The molecule has 0 bridgehead atoms. The maximum atomic E-state index is 12.0. The van der Waals surface area contributed by atoms with Crippen LogP contribution in [0.3, 0.4) is 0 Å². The lowest BCUT2D eigenvalue weighted by Gasteiger charge is -2.18. The van der Waals surface area contributed by atoms with E-state index in [2.05, 4.69) is 20.3 Å². The summed E-state index contributed by atoms with van der Waals surface area (Å²) >= 11 is 1.62. The number of hydrogen-bond acceptors (Lipinski definition) is 9. The van der Waals surface area contributed by atoms with Crippen LogP contribution in [0.5, 0.6) is 0 Å². The van der Waals surface area contributed by atoms with Crippen LogP contribution in [0, 0.1) is 25.7 Å². The van der Waals surface area contributed by atoms with E-state index in [0.717, 1.165) is 63.8 Å². The van der Waals surface area contributed by atoms with Gasteiger partial charge in [0, 0.05) is 18.8 Å². The average molecular weight is 502 g/mol. The van der Waals surface area contributed by atoms with Crippen molar-refractivity contribution < 1.29 is 8.42 Å². The van der Waals surface area contributed by atoms with Crippen LogP contribution in [0.4, 0.5) is 11.8 Å². The smallest absolute Gasteiger partial charge is 0.224 e. The molecule has 0 saturated heterocycles. The first-order valence-electron chi connectivity index (χ1n) is 11.8. The van der Waals surface area contributed by atoms with Gasteiger partial charge in [-0.05, 0) is 70.9 Å². The summed E-state index contributed by atoms with van der Waals surface area (Å²) in [6, 6.07) is 2.14. The van der Waals surface area contributed by atoms with Gasteiger partial charge in [0.1, 0.15) is 16.3 Å². The van der Waals surface area contributed by atoms with E-state index < -0.39 is 10.0 Å². The number of aromatic nitrogens is 4. The molecule has 5 rings (SSSR count). The van der Waals surface area contributed by atoms with Crippen molar-refractivity contribution in [3.8, 4) is 10.6 Å². The molecule has 2 saturated carbocycles. The molecule has 182 valence electrons. The number of sulfonamides is 1. The lowest BCUT2D eigenvalue weighted by atomic mass is 10.1. The number of nitrogens with one attached hydrogen (secondary N) is 3. The van der Waals surface area contributed by atoms with Crippen LogP contribution in [0.1, 0.15) is 43.5 Å². The molecule has 3 aromatic heterocycles. The molecule has 2 aliphatic rings. The lowest BCUT2D eigenvalue weighted by Crippen LogP contribution is -2.26. The molecule has 0 spiro atoms. The monoisotopic (exact) mass is 501 g/mol. The number of nitrogens with zero attached hydrogens (tertiary/aromatic N) is 4. The molecule has 0 amide bonds. The molecule has 2 fully saturated rings. The van der Waals surface area contributed by atoms with Gasteiger partial charge in [0.2, 0.25) is 16.0 Å². The van der Waals surface area contributed by atoms with Crippen molar-refractivity contribution in [1.82, 2.24) is 24.7 Å². The molecule has 9 nitrogen and oxygen atoms in total. The minimum absolute atomic E-state index is 0.130. The summed E-state index contributed by atoms with van der Waals surface area (Å²) in [5, 5.41) is 7.90. The summed E-state index contributed by atoms with van der Waals surface area (Å²) in [7, 11) is -1.75. The van der Waals surface area contributed by atoms with Crippen LogP contribution in [0.2, 0.25) is 0 Å². The SMILES string of the molecule is CNS(=O)(=O)C[C@@H]1CC[C@H](Nc2nc(NCC3CC3)nc(C)c2-c2nc3c(C)nccc3s2)C1. The van der Waals surface area contributed by atoms with E-state index in [4.69, 9.17) is 15.0 Å². The third-order valence-electron chi connectivity index (χ3n) is 6.69. The third-order valence-corrected chi connectivity index (χ3v) is 9.26. The van der Waals surface area contributed by atoms with Gasteiger partial charge in [-0.25, -0.2) is 23.1 Å². The molecule has 2 atom stereocenters. The van der Waals surface area contributed by atoms with Gasteiger partial charge in [-0.2, -0.15) is 4.98 Å². The molecule has 34 heavy (non-hydrogen) atoms. The molecular weight excluding hydrogens is 470 g/mol. The van der Waals surface area contributed by atoms with Crippen molar-refractivity contribution in [2.45, 2.75) is 52.0 Å². The predicted molar refractivity (Wildman–Crippen MR) is 137 cm³/mol. The van der Waals surface area contributed by atoms with Crippen molar-refractivity contribution in [2.75, 3.05) is 30.0 Å². The van der Waals surface area contributed by atoms with Gasteiger partial charge < -0.3 is 10.6 Å². The molecule has 0 aromatic carbocycles. The summed E-state index contributed by atoms with van der Waals surface area (Å²) in [6.07, 6.45) is 6.89. The van der Waals surface area contributed by atoms with Crippen LogP contribution >= 0.6 is 11.3 Å². The first-order chi connectivity index (χ1) is 16.3. The Bertz CT molecular complexity index is 1300. The van der Waals surface area contributed by atoms with Crippen LogP contribution in [-0.4, -0.2) is 53.7 Å². The van der Waals surface area contributed by atoms with E-state index in [1.165, 1.54) is 19.9 Å². The second-order valence-electron chi connectivity index (χ2n) is 9.45. The highest BCUT2D eigenvalue weighted by Crippen LogP contribution is 2.38. The molecule has 0 aliphatic heterocycles. The Morgan fingerprint density at radius 3 is 2.59 bits per heavy atom. The Kier molecular flexibility index (Phi) is 6.43. The van der Waals surface area contributed by atoms with Crippen LogP contribution in [0.25, 0.3) is 20.8 Å². The molecule has 2 aliphatic carbocycles. The Morgan fingerprint density at radius 2 is 1.85 bits per heavy atom. The summed E-state index contributed by atoms with van der Waals surface area (Å²) < 4.78 is 27.6. The molecule has 0 radical (unpaired) electrons. The van der Waals surface area contributed by atoms with Gasteiger partial charge in [0.05, 0.1) is 27.4 Å². The van der Waals surface area contributed by atoms with E-state index >= 15 is 0 Å². The standard InChI is InChI=1S/C23H31N7O2S2/c1-13-19(22-29-20-14(2)25-9-8-18(20)33-22)21(30-23(27-13)26-11-15-4-5-15)28-17-7-6-16(10-17)12-34(31,32)24-3/h8-9,15-17,24H,4-7,10-12H2,1-3H3,(H2,26,27,28,30)/t16-,17+/m1/s1. The fraction of sp³-hybridized carbons (Fsp3) is 0.565. The van der Waals surface area contributed by atoms with E-state index in [0.29, 0.717) is 11.9 Å². The number of anilines is 2. The number of thiazole rings is 1. The molecule has 3 aromatic rings. The maximum absolute atomic E-state index is 12.0. The number of fused-ring (bicyclic) bond motifs is 1. The summed E-state index contributed by atoms with van der Waals surface area (Å²) in [6.45, 7) is 4.85. The number of aryl methyl sites for hydroxylation is 2. The van der Waals surface area contributed by atoms with Crippen LogP contribution < -0.4 is 15.4 Å². The molecule has 0 unspecified atom stereocenters. The van der Waals surface area contributed by atoms with Crippen molar-refractivity contribution in [2.24, 2.45) is 11.8 Å². The fourth-order valence-corrected chi connectivity index (χ4v) is 6.80. The van der Waals surface area contributed by atoms with Gasteiger partial charge in [-0.1, -0.05) is 0 Å². The minimum Gasteiger partial charge on any atom is -0.367 e. The average Bonchev–Trinajstić information content (AvgIpc) is 3.37. The zero-order chi connectivity index (χ0) is 23.9. The van der Waals surface area contributed by atoms with Gasteiger partial charge in [0.15, 0.2) is 0 Å². The van der Waals surface area contributed by atoms with Gasteiger partial charge in [-0.15, -0.1) is 11.3 Å².